The lowest BCUT2D eigenvalue weighted by atomic mass is 9.92. The molecule has 1 aromatic rings. The maximum absolute atomic E-state index is 6.12. The molecule has 1 saturated carbocycles. The topological polar surface area (TPSA) is 28.9 Å². The molecule has 1 saturated heterocycles. The van der Waals surface area contributed by atoms with Crippen LogP contribution in [0, 0.1) is 0 Å². The van der Waals surface area contributed by atoms with E-state index in [-0.39, 0.29) is 0 Å². The van der Waals surface area contributed by atoms with Crippen LogP contribution in [0.3, 0.4) is 0 Å². The van der Waals surface area contributed by atoms with Crippen LogP contribution in [-0.2, 0) is 0 Å². The van der Waals surface area contributed by atoms with Gasteiger partial charge in [0.15, 0.2) is 5.11 Å². The average molecular weight is 397 g/mol. The number of anilines is 1. The molecule has 0 amide bonds. The highest BCUT2D eigenvalue weighted by Gasteiger charge is 2.31. The van der Waals surface area contributed by atoms with Crippen molar-refractivity contribution in [1.29, 1.82) is 0 Å². The van der Waals surface area contributed by atoms with E-state index in [1.54, 1.807) is 12.0 Å². The summed E-state index contributed by atoms with van der Waals surface area (Å²) >= 11 is 11.8. The Morgan fingerprint density at radius 1 is 1.15 bits per heavy atom. The van der Waals surface area contributed by atoms with Crippen molar-refractivity contribution in [3.05, 3.63) is 23.2 Å². The summed E-state index contributed by atoms with van der Waals surface area (Å²) in [6.07, 6.45) is 9.47. The van der Waals surface area contributed by atoms with Crippen LogP contribution in [0.4, 0.5) is 5.69 Å². The smallest absolute Gasteiger partial charge is 0.173 e. The average Bonchev–Trinajstić information content (AvgIpc) is 2.68. The summed E-state index contributed by atoms with van der Waals surface area (Å²) in [6, 6.07) is 7.17. The Bertz CT molecular complexity index is 613. The monoisotopic (exact) mass is 396 g/mol. The minimum Gasteiger partial charge on any atom is -0.495 e. The number of ether oxygens (including phenoxy) is 1. The third-order valence-corrected chi connectivity index (χ3v) is 6.67. The first-order valence-corrected chi connectivity index (χ1v) is 10.6. The van der Waals surface area contributed by atoms with Crippen LogP contribution in [0.2, 0.25) is 5.02 Å². The summed E-state index contributed by atoms with van der Waals surface area (Å²) in [5.74, 6) is 0.758. The lowest BCUT2D eigenvalue weighted by Gasteiger charge is -2.39. The fraction of sp³-hybridized carbons (Fsp3) is 0.650. The molecule has 1 atom stereocenters. The Balaban J connectivity index is 1.53. The van der Waals surface area contributed by atoms with E-state index >= 15 is 0 Å². The largest absolute Gasteiger partial charge is 0.495 e. The van der Waals surface area contributed by atoms with Gasteiger partial charge in [0, 0.05) is 31.0 Å². The van der Waals surface area contributed by atoms with Crippen LogP contribution in [0.15, 0.2) is 18.2 Å². The van der Waals surface area contributed by atoms with E-state index in [4.69, 9.17) is 28.6 Å². The first-order chi connectivity index (χ1) is 12.6. The Hall–Kier alpha value is -1.04. The van der Waals surface area contributed by atoms with Crippen LogP contribution in [0.25, 0.3) is 0 Å². The van der Waals surface area contributed by atoms with Gasteiger partial charge in [0.05, 0.1) is 31.9 Å². The van der Waals surface area contributed by atoms with Crippen LogP contribution < -0.4 is 15.0 Å². The molecule has 26 heavy (non-hydrogen) atoms. The Labute approximate surface area is 167 Å². The molecule has 1 heterocycles. The van der Waals surface area contributed by atoms with Gasteiger partial charge >= 0.3 is 0 Å². The first kappa shape index (κ1) is 19.7. The second-order valence-corrected chi connectivity index (χ2v) is 8.44. The van der Waals surface area contributed by atoms with Crippen molar-refractivity contribution in [3.8, 4) is 5.75 Å². The number of methoxy groups -OCH3 is 1. The normalized spacial score (nSPS) is 20.7. The van der Waals surface area contributed by atoms with Gasteiger partial charge < -0.3 is 19.9 Å². The number of rotatable bonds is 4. The molecule has 2 N–H and O–H groups in total. The number of thiocarbonyl (C=S) groups is 1. The summed E-state index contributed by atoms with van der Waals surface area (Å²) in [6.45, 7) is 2.03. The Morgan fingerprint density at radius 3 is 2.46 bits per heavy atom. The van der Waals surface area contributed by atoms with Crippen molar-refractivity contribution in [2.24, 2.45) is 0 Å². The quantitative estimate of drug-likeness (QED) is 0.763. The summed E-state index contributed by atoms with van der Waals surface area (Å²) in [5.41, 5.74) is 0.831. The number of hydrogen-bond acceptors (Lipinski definition) is 2. The fourth-order valence-corrected chi connectivity index (χ4v) is 4.87. The molecular formula is C20H31ClN3OS+. The molecular weight excluding hydrogens is 366 g/mol. The van der Waals surface area contributed by atoms with Gasteiger partial charge in [0.1, 0.15) is 5.75 Å². The highest BCUT2D eigenvalue weighted by Crippen LogP contribution is 2.28. The second-order valence-electron chi connectivity index (χ2n) is 7.62. The van der Waals surface area contributed by atoms with Gasteiger partial charge in [0.2, 0.25) is 0 Å². The van der Waals surface area contributed by atoms with E-state index in [2.05, 4.69) is 17.3 Å². The zero-order valence-corrected chi connectivity index (χ0v) is 17.5. The van der Waals surface area contributed by atoms with E-state index < -0.39 is 0 Å². The minimum absolute atomic E-state index is 0.674. The summed E-state index contributed by atoms with van der Waals surface area (Å²) < 4.78 is 5.40. The van der Waals surface area contributed by atoms with Gasteiger partial charge in [-0.3, -0.25) is 0 Å². The standard InChI is InChI=1S/C20H30ClN3OS/c1-23(16-6-4-3-5-7-16)17-10-12-24(13-11-17)20(26)22-18-14-15(21)8-9-19(18)25-2/h8-9,14,16-17H,3-7,10-13H2,1-2H3,(H,22,26)/p+1. The molecule has 1 aliphatic heterocycles. The van der Waals surface area contributed by atoms with Crippen molar-refractivity contribution >= 4 is 34.6 Å². The maximum atomic E-state index is 6.12. The van der Waals surface area contributed by atoms with Gasteiger partial charge in [-0.2, -0.15) is 0 Å². The molecule has 0 aromatic heterocycles. The van der Waals surface area contributed by atoms with Gasteiger partial charge in [-0.25, -0.2) is 0 Å². The highest BCUT2D eigenvalue weighted by molar-refractivity contribution is 7.80. The molecule has 0 radical (unpaired) electrons. The Morgan fingerprint density at radius 2 is 1.81 bits per heavy atom. The van der Waals surface area contributed by atoms with Crippen molar-refractivity contribution in [3.63, 3.8) is 0 Å². The number of likely N-dealkylation sites (tertiary alicyclic amines) is 1. The number of nitrogens with zero attached hydrogens (tertiary/aromatic N) is 1. The van der Waals surface area contributed by atoms with E-state index in [1.165, 1.54) is 44.9 Å². The molecule has 0 spiro atoms. The molecule has 1 unspecified atom stereocenters. The third-order valence-electron chi connectivity index (χ3n) is 6.08. The van der Waals surface area contributed by atoms with Gasteiger partial charge in [-0.1, -0.05) is 18.0 Å². The SMILES string of the molecule is COc1ccc(Cl)cc1NC(=S)N1CCC([NH+](C)C2CCCCC2)CC1. The fourth-order valence-electron chi connectivity index (χ4n) is 4.40. The lowest BCUT2D eigenvalue weighted by Crippen LogP contribution is -3.17. The van der Waals surface area contributed by atoms with Gasteiger partial charge in [0.25, 0.3) is 0 Å². The van der Waals surface area contributed by atoms with E-state index in [1.807, 2.05) is 18.2 Å². The van der Waals surface area contributed by atoms with Crippen LogP contribution >= 0.6 is 23.8 Å². The van der Waals surface area contributed by atoms with Crippen molar-refractivity contribution in [2.45, 2.75) is 57.0 Å². The molecule has 4 nitrogen and oxygen atoms in total. The molecule has 144 valence electrons. The summed E-state index contributed by atoms with van der Waals surface area (Å²) in [4.78, 5) is 4.03. The van der Waals surface area contributed by atoms with E-state index in [0.717, 1.165) is 41.7 Å². The predicted octanol–water partition coefficient (Wildman–Crippen LogP) is 3.36. The molecule has 2 fully saturated rings. The molecule has 1 aromatic carbocycles. The number of nitrogens with one attached hydrogen (secondary N) is 2. The number of piperidine rings is 1. The predicted molar refractivity (Wildman–Crippen MR) is 113 cm³/mol. The van der Waals surface area contributed by atoms with Crippen molar-refractivity contribution in [1.82, 2.24) is 4.90 Å². The second kappa shape index (κ2) is 9.25. The number of quaternary nitrogens is 1. The van der Waals surface area contributed by atoms with Crippen molar-refractivity contribution in [2.75, 3.05) is 32.6 Å². The minimum atomic E-state index is 0.674. The van der Waals surface area contributed by atoms with Gasteiger partial charge in [-0.15, -0.1) is 0 Å². The van der Waals surface area contributed by atoms with Gasteiger partial charge in [-0.05, 0) is 56.1 Å². The van der Waals surface area contributed by atoms with E-state index in [9.17, 15) is 0 Å². The third kappa shape index (κ3) is 4.81. The van der Waals surface area contributed by atoms with Crippen LogP contribution in [0.5, 0.6) is 5.75 Å². The number of halogens is 1. The Kier molecular flexibility index (Phi) is 7.01. The summed E-state index contributed by atoms with van der Waals surface area (Å²) in [7, 11) is 4.07. The van der Waals surface area contributed by atoms with Crippen LogP contribution in [-0.4, -0.2) is 49.3 Å². The zero-order chi connectivity index (χ0) is 18.5. The molecule has 1 aliphatic carbocycles. The lowest BCUT2D eigenvalue weighted by molar-refractivity contribution is -0.933. The summed E-state index contributed by atoms with van der Waals surface area (Å²) in [5, 5.41) is 4.76. The zero-order valence-electron chi connectivity index (χ0n) is 15.9. The van der Waals surface area contributed by atoms with Crippen molar-refractivity contribution < 1.29 is 9.64 Å². The number of benzene rings is 1. The molecule has 0 bridgehead atoms. The first-order valence-electron chi connectivity index (χ1n) is 9.81. The van der Waals surface area contributed by atoms with E-state index in [0.29, 0.717) is 5.02 Å². The number of hydrogen-bond donors (Lipinski definition) is 2. The molecule has 6 heteroatoms. The molecule has 2 aliphatic rings. The van der Waals surface area contributed by atoms with Crippen LogP contribution in [0.1, 0.15) is 44.9 Å². The maximum Gasteiger partial charge on any atom is 0.173 e. The molecule has 3 rings (SSSR count). The highest BCUT2D eigenvalue weighted by atomic mass is 35.5.